The van der Waals surface area contributed by atoms with Crippen molar-refractivity contribution in [2.45, 2.75) is 24.6 Å². The summed E-state index contributed by atoms with van der Waals surface area (Å²) >= 11 is 0. The summed E-state index contributed by atoms with van der Waals surface area (Å²) in [5.41, 5.74) is 1.30. The number of methoxy groups -OCH3 is 1. The van der Waals surface area contributed by atoms with Crippen LogP contribution in [0.1, 0.15) is 23.3 Å². The lowest BCUT2D eigenvalue weighted by atomic mass is 10.1. The van der Waals surface area contributed by atoms with Gasteiger partial charge in [0.15, 0.2) is 0 Å². The van der Waals surface area contributed by atoms with E-state index in [0.717, 1.165) is 0 Å². The molecule has 2 aromatic carbocycles. The van der Waals surface area contributed by atoms with Crippen molar-refractivity contribution < 1.29 is 23.1 Å². The Morgan fingerprint density at radius 3 is 2.24 bits per heavy atom. The Bertz CT molecular complexity index is 803. The van der Waals surface area contributed by atoms with E-state index in [1.54, 1.807) is 54.6 Å². The minimum atomic E-state index is -3.85. The van der Waals surface area contributed by atoms with Gasteiger partial charge in [-0.15, -0.1) is 0 Å². The summed E-state index contributed by atoms with van der Waals surface area (Å²) in [6.45, 7) is 1.53. The number of carboxylic acids is 1. The van der Waals surface area contributed by atoms with Crippen molar-refractivity contribution in [3.8, 4) is 5.75 Å². The summed E-state index contributed by atoms with van der Waals surface area (Å²) < 4.78 is 32.4. The van der Waals surface area contributed by atoms with Gasteiger partial charge in [0, 0.05) is 0 Å². The van der Waals surface area contributed by atoms with E-state index in [4.69, 9.17) is 4.74 Å². The second-order valence-electron chi connectivity index (χ2n) is 5.66. The predicted molar refractivity (Wildman–Crippen MR) is 95.0 cm³/mol. The molecule has 0 aliphatic rings. The average molecular weight is 363 g/mol. The third-order valence-corrected chi connectivity index (χ3v) is 5.75. The molecule has 0 saturated heterocycles. The van der Waals surface area contributed by atoms with E-state index in [2.05, 4.69) is 4.72 Å². The van der Waals surface area contributed by atoms with E-state index in [-0.39, 0.29) is 6.42 Å². The number of nitrogens with one attached hydrogen (secondary N) is 1. The number of hydrogen-bond acceptors (Lipinski definition) is 4. The molecule has 0 spiro atoms. The first-order chi connectivity index (χ1) is 11.8. The Morgan fingerprint density at radius 2 is 1.72 bits per heavy atom. The van der Waals surface area contributed by atoms with Crippen LogP contribution in [0.15, 0.2) is 54.6 Å². The SMILES string of the molecule is COc1ccc(CC(NS(=O)(=O)[C@@H](C)c2ccccc2)C(=O)O)cc1. The van der Waals surface area contributed by atoms with Crippen LogP contribution < -0.4 is 9.46 Å². The van der Waals surface area contributed by atoms with Gasteiger partial charge in [0.2, 0.25) is 10.0 Å². The highest BCUT2D eigenvalue weighted by Crippen LogP contribution is 2.21. The Balaban J connectivity index is 2.15. The minimum Gasteiger partial charge on any atom is -0.497 e. The lowest BCUT2D eigenvalue weighted by molar-refractivity contribution is -0.138. The number of benzene rings is 2. The second-order valence-corrected chi connectivity index (χ2v) is 7.69. The number of hydrogen-bond donors (Lipinski definition) is 2. The third-order valence-electron chi connectivity index (χ3n) is 3.94. The van der Waals surface area contributed by atoms with Gasteiger partial charge in [-0.2, -0.15) is 0 Å². The molecule has 0 fully saturated rings. The minimum absolute atomic E-state index is 0.0417. The van der Waals surface area contributed by atoms with Gasteiger partial charge in [0.25, 0.3) is 0 Å². The summed E-state index contributed by atoms with van der Waals surface area (Å²) in [7, 11) is -2.31. The smallest absolute Gasteiger partial charge is 0.322 e. The molecule has 134 valence electrons. The molecule has 2 N–H and O–H groups in total. The van der Waals surface area contributed by atoms with Crippen LogP contribution in [0.3, 0.4) is 0 Å². The first-order valence-electron chi connectivity index (χ1n) is 7.75. The van der Waals surface area contributed by atoms with Gasteiger partial charge < -0.3 is 9.84 Å². The monoisotopic (exact) mass is 363 g/mol. The number of rotatable bonds is 8. The molecule has 2 atom stereocenters. The van der Waals surface area contributed by atoms with E-state index >= 15 is 0 Å². The van der Waals surface area contributed by atoms with Gasteiger partial charge in [-0.25, -0.2) is 13.1 Å². The van der Waals surface area contributed by atoms with Gasteiger partial charge in [-0.05, 0) is 36.6 Å². The zero-order chi connectivity index (χ0) is 18.4. The van der Waals surface area contributed by atoms with Crippen molar-refractivity contribution in [2.75, 3.05) is 7.11 Å². The van der Waals surface area contributed by atoms with E-state index in [9.17, 15) is 18.3 Å². The number of ether oxygens (including phenoxy) is 1. The maximum Gasteiger partial charge on any atom is 0.322 e. The lowest BCUT2D eigenvalue weighted by Crippen LogP contribution is -2.43. The molecule has 6 nitrogen and oxygen atoms in total. The molecule has 0 aliphatic carbocycles. The van der Waals surface area contributed by atoms with Crippen LogP contribution in [0.25, 0.3) is 0 Å². The molecule has 1 unspecified atom stereocenters. The van der Waals surface area contributed by atoms with Crippen molar-refractivity contribution in [3.63, 3.8) is 0 Å². The summed E-state index contributed by atoms with van der Waals surface area (Å²) in [6, 6.07) is 14.3. The summed E-state index contributed by atoms with van der Waals surface area (Å²) in [4.78, 5) is 11.5. The molecule has 0 amide bonds. The summed E-state index contributed by atoms with van der Waals surface area (Å²) in [6.07, 6.45) is 0.0417. The Morgan fingerprint density at radius 1 is 1.12 bits per heavy atom. The fourth-order valence-electron chi connectivity index (χ4n) is 2.38. The lowest BCUT2D eigenvalue weighted by Gasteiger charge is -2.19. The molecule has 7 heteroatoms. The van der Waals surface area contributed by atoms with Crippen molar-refractivity contribution in [1.29, 1.82) is 0 Å². The number of carbonyl (C=O) groups is 1. The molecule has 0 radical (unpaired) electrons. The van der Waals surface area contributed by atoms with Crippen molar-refractivity contribution in [3.05, 3.63) is 65.7 Å². The van der Waals surface area contributed by atoms with Crippen LogP contribution in [-0.2, 0) is 21.2 Å². The largest absolute Gasteiger partial charge is 0.497 e. The van der Waals surface area contributed by atoms with Gasteiger partial charge >= 0.3 is 5.97 Å². The molecule has 0 aromatic heterocycles. The molecule has 2 rings (SSSR count). The van der Waals surface area contributed by atoms with E-state index < -0.39 is 27.3 Å². The van der Waals surface area contributed by atoms with Crippen LogP contribution >= 0.6 is 0 Å². The van der Waals surface area contributed by atoms with E-state index in [0.29, 0.717) is 16.9 Å². The molecule has 0 heterocycles. The van der Waals surface area contributed by atoms with Gasteiger partial charge in [0.05, 0.1) is 12.4 Å². The second kappa shape index (κ2) is 8.13. The highest BCUT2D eigenvalue weighted by atomic mass is 32.2. The zero-order valence-electron chi connectivity index (χ0n) is 14.0. The van der Waals surface area contributed by atoms with Crippen LogP contribution in [0, 0.1) is 0 Å². The standard InChI is InChI=1S/C18H21NO5S/c1-13(15-6-4-3-5-7-15)25(22,23)19-17(18(20)21)12-14-8-10-16(24-2)11-9-14/h3-11,13,17,19H,12H2,1-2H3,(H,20,21)/t13-,17?/m0/s1. The van der Waals surface area contributed by atoms with E-state index in [1.165, 1.54) is 14.0 Å². The molecule has 25 heavy (non-hydrogen) atoms. The van der Waals surface area contributed by atoms with Crippen LogP contribution in [-0.4, -0.2) is 32.6 Å². The van der Waals surface area contributed by atoms with Crippen LogP contribution in [0.4, 0.5) is 0 Å². The molecule has 2 aromatic rings. The Hall–Kier alpha value is -2.38. The van der Waals surface area contributed by atoms with Crippen LogP contribution in [0.5, 0.6) is 5.75 Å². The molecular formula is C18H21NO5S. The fourth-order valence-corrected chi connectivity index (χ4v) is 3.68. The average Bonchev–Trinajstić information content (AvgIpc) is 2.61. The van der Waals surface area contributed by atoms with Gasteiger partial charge in [-0.1, -0.05) is 42.5 Å². The quantitative estimate of drug-likeness (QED) is 0.751. The molecule has 0 aliphatic heterocycles. The van der Waals surface area contributed by atoms with Gasteiger partial charge in [-0.3, -0.25) is 4.79 Å². The highest BCUT2D eigenvalue weighted by Gasteiger charge is 2.29. The normalized spacial score (nSPS) is 13.8. The number of sulfonamides is 1. The zero-order valence-corrected chi connectivity index (χ0v) is 14.9. The predicted octanol–water partition coefficient (Wildman–Crippen LogP) is 2.37. The van der Waals surface area contributed by atoms with E-state index in [1.807, 2.05) is 0 Å². The summed E-state index contributed by atoms with van der Waals surface area (Å²) in [5.74, 6) is -0.575. The summed E-state index contributed by atoms with van der Waals surface area (Å²) in [5, 5.41) is 8.54. The van der Waals surface area contributed by atoms with Crippen molar-refractivity contribution in [1.82, 2.24) is 4.72 Å². The first-order valence-corrected chi connectivity index (χ1v) is 9.30. The highest BCUT2D eigenvalue weighted by molar-refractivity contribution is 7.89. The molecule has 0 saturated carbocycles. The fraction of sp³-hybridized carbons (Fsp3) is 0.278. The Kier molecular flexibility index (Phi) is 6.17. The maximum atomic E-state index is 12.5. The first kappa shape index (κ1) is 19.0. The number of aliphatic carboxylic acids is 1. The van der Waals surface area contributed by atoms with Crippen molar-refractivity contribution in [2.24, 2.45) is 0 Å². The molecule has 0 bridgehead atoms. The van der Waals surface area contributed by atoms with Crippen LogP contribution in [0.2, 0.25) is 0 Å². The third kappa shape index (κ3) is 5.04. The molecular weight excluding hydrogens is 342 g/mol. The maximum absolute atomic E-state index is 12.5. The van der Waals surface area contributed by atoms with Crippen molar-refractivity contribution >= 4 is 16.0 Å². The topological polar surface area (TPSA) is 92.7 Å². The number of carboxylic acid groups (broad SMARTS) is 1. The van der Waals surface area contributed by atoms with Gasteiger partial charge in [0.1, 0.15) is 11.8 Å². The Labute approximate surface area is 147 Å².